The molecule has 0 heterocycles. The molecule has 1 fully saturated rings. The minimum atomic E-state index is -0.00199. The number of ether oxygens (including phenoxy) is 1. The van der Waals surface area contributed by atoms with Gasteiger partial charge in [0.15, 0.2) is 0 Å². The molecule has 2 nitrogen and oxygen atoms in total. The maximum atomic E-state index is 11.3. The topological polar surface area (TPSA) is 26.3 Å². The van der Waals surface area contributed by atoms with Gasteiger partial charge in [0.05, 0.1) is 0 Å². The number of halogens is 1. The van der Waals surface area contributed by atoms with E-state index in [4.69, 9.17) is 4.74 Å². The summed E-state index contributed by atoms with van der Waals surface area (Å²) in [5, 5.41) is 0.976. The number of rotatable bonds is 5. The summed E-state index contributed by atoms with van der Waals surface area (Å²) < 4.78 is 5.38. The lowest BCUT2D eigenvalue weighted by atomic mass is 9.98. The van der Waals surface area contributed by atoms with Crippen molar-refractivity contribution in [1.82, 2.24) is 0 Å². The van der Waals surface area contributed by atoms with E-state index < -0.39 is 0 Å². The second-order valence-corrected chi connectivity index (χ2v) is 4.69. The first-order valence-electron chi connectivity index (χ1n) is 5.58. The molecule has 0 saturated heterocycles. The van der Waals surface area contributed by atoms with Crippen LogP contribution in [-0.2, 0) is 9.53 Å². The third-order valence-electron chi connectivity index (χ3n) is 2.61. The van der Waals surface area contributed by atoms with Crippen LogP contribution < -0.4 is 0 Å². The third-order valence-corrected chi connectivity index (χ3v) is 3.18. The van der Waals surface area contributed by atoms with Crippen molar-refractivity contribution in [3.63, 3.8) is 0 Å². The summed E-state index contributed by atoms with van der Waals surface area (Å²) in [6.07, 6.45) is 8.70. The van der Waals surface area contributed by atoms with Crippen molar-refractivity contribution >= 4 is 21.9 Å². The van der Waals surface area contributed by atoms with Crippen LogP contribution in [0.2, 0.25) is 0 Å². The van der Waals surface area contributed by atoms with Crippen LogP contribution in [0.25, 0.3) is 0 Å². The van der Waals surface area contributed by atoms with Crippen molar-refractivity contribution in [3.05, 3.63) is 0 Å². The molecular formula is C11H19BrO2. The van der Waals surface area contributed by atoms with Crippen molar-refractivity contribution in [3.8, 4) is 0 Å². The lowest BCUT2D eigenvalue weighted by Crippen LogP contribution is -2.20. The van der Waals surface area contributed by atoms with Crippen molar-refractivity contribution < 1.29 is 9.53 Å². The molecule has 0 aliphatic heterocycles. The Hall–Kier alpha value is -0.0500. The van der Waals surface area contributed by atoms with E-state index in [-0.39, 0.29) is 12.1 Å². The molecule has 1 rings (SSSR count). The van der Waals surface area contributed by atoms with Gasteiger partial charge in [0.25, 0.3) is 0 Å². The second-order valence-electron chi connectivity index (χ2n) is 3.90. The summed E-state index contributed by atoms with van der Waals surface area (Å²) in [5.74, 6) is -0.00199. The summed E-state index contributed by atoms with van der Waals surface area (Å²) in [6.45, 7) is 0. The molecule has 14 heavy (non-hydrogen) atoms. The standard InChI is InChI=1S/C11H19BrO2/c12-9-5-4-8-11(13)14-10-6-2-1-3-7-10/h10H,1-9H2. The molecule has 3 heteroatoms. The predicted octanol–water partition coefficient (Wildman–Crippen LogP) is 3.43. The van der Waals surface area contributed by atoms with Crippen molar-refractivity contribution in [2.45, 2.75) is 57.5 Å². The molecule has 1 aliphatic carbocycles. The molecule has 0 amide bonds. The molecule has 0 N–H and O–H groups in total. The Balaban J connectivity index is 2.06. The first-order valence-corrected chi connectivity index (χ1v) is 6.70. The first-order chi connectivity index (χ1) is 6.83. The third kappa shape index (κ3) is 4.99. The molecule has 0 aromatic heterocycles. The Kier molecular flexibility index (Phi) is 6.24. The Morgan fingerprint density at radius 3 is 2.57 bits per heavy atom. The quantitative estimate of drug-likeness (QED) is 0.431. The lowest BCUT2D eigenvalue weighted by molar-refractivity contribution is -0.150. The van der Waals surface area contributed by atoms with Gasteiger partial charge in [-0.15, -0.1) is 0 Å². The number of esters is 1. The molecule has 0 radical (unpaired) electrons. The highest BCUT2D eigenvalue weighted by Gasteiger charge is 2.16. The van der Waals surface area contributed by atoms with Crippen molar-refractivity contribution in [2.24, 2.45) is 0 Å². The Morgan fingerprint density at radius 1 is 1.21 bits per heavy atom. The summed E-state index contributed by atoms with van der Waals surface area (Å²) >= 11 is 3.35. The molecule has 0 atom stereocenters. The van der Waals surface area contributed by atoms with E-state index in [9.17, 15) is 4.79 Å². The average Bonchev–Trinajstić information content (AvgIpc) is 2.20. The van der Waals surface area contributed by atoms with Gasteiger partial charge < -0.3 is 4.74 Å². The highest BCUT2D eigenvalue weighted by molar-refractivity contribution is 9.09. The normalized spacial score (nSPS) is 18.1. The SMILES string of the molecule is O=C(CCCCBr)OC1CCCCC1. The van der Waals surface area contributed by atoms with Gasteiger partial charge in [-0.3, -0.25) is 4.79 Å². The fourth-order valence-electron chi connectivity index (χ4n) is 1.79. The van der Waals surface area contributed by atoms with Gasteiger partial charge >= 0.3 is 5.97 Å². The van der Waals surface area contributed by atoms with Crippen LogP contribution in [0.5, 0.6) is 0 Å². The summed E-state index contributed by atoms with van der Waals surface area (Å²) in [5.41, 5.74) is 0. The van der Waals surface area contributed by atoms with Gasteiger partial charge in [0, 0.05) is 11.8 Å². The predicted molar refractivity (Wildman–Crippen MR) is 60.6 cm³/mol. The fraction of sp³-hybridized carbons (Fsp3) is 0.909. The number of carbonyl (C=O) groups is 1. The van der Waals surface area contributed by atoms with Gasteiger partial charge in [-0.25, -0.2) is 0 Å². The van der Waals surface area contributed by atoms with Gasteiger partial charge in [-0.2, -0.15) is 0 Å². The molecule has 0 unspecified atom stereocenters. The Morgan fingerprint density at radius 2 is 1.93 bits per heavy atom. The second kappa shape index (κ2) is 7.27. The molecule has 1 aliphatic rings. The molecule has 0 bridgehead atoms. The maximum absolute atomic E-state index is 11.3. The molecule has 0 aromatic carbocycles. The van der Waals surface area contributed by atoms with E-state index in [1.807, 2.05) is 0 Å². The van der Waals surface area contributed by atoms with E-state index >= 15 is 0 Å². The van der Waals surface area contributed by atoms with Gasteiger partial charge in [-0.1, -0.05) is 22.4 Å². The Labute approximate surface area is 94.5 Å². The molecular weight excluding hydrogens is 244 g/mol. The van der Waals surface area contributed by atoms with Crippen LogP contribution in [-0.4, -0.2) is 17.4 Å². The van der Waals surface area contributed by atoms with E-state index in [0.717, 1.165) is 31.0 Å². The smallest absolute Gasteiger partial charge is 0.306 e. The number of hydrogen-bond acceptors (Lipinski definition) is 2. The molecule has 0 spiro atoms. The van der Waals surface area contributed by atoms with Crippen LogP contribution in [0.4, 0.5) is 0 Å². The highest BCUT2D eigenvalue weighted by atomic mass is 79.9. The highest BCUT2D eigenvalue weighted by Crippen LogP contribution is 2.20. The molecule has 82 valence electrons. The zero-order chi connectivity index (χ0) is 10.2. The van der Waals surface area contributed by atoms with Crippen LogP contribution in [0.15, 0.2) is 0 Å². The minimum absolute atomic E-state index is 0.00199. The maximum Gasteiger partial charge on any atom is 0.306 e. The average molecular weight is 263 g/mol. The van der Waals surface area contributed by atoms with Gasteiger partial charge in [0.2, 0.25) is 0 Å². The van der Waals surface area contributed by atoms with Crippen LogP contribution in [0.3, 0.4) is 0 Å². The molecule has 0 aromatic rings. The van der Waals surface area contributed by atoms with Crippen molar-refractivity contribution in [2.75, 3.05) is 5.33 Å². The Bertz CT molecular complexity index is 165. The summed E-state index contributed by atoms with van der Waals surface area (Å²) in [6, 6.07) is 0. The van der Waals surface area contributed by atoms with Crippen LogP contribution in [0.1, 0.15) is 51.4 Å². The van der Waals surface area contributed by atoms with Crippen LogP contribution in [0, 0.1) is 0 Å². The van der Waals surface area contributed by atoms with Gasteiger partial charge in [0.1, 0.15) is 6.10 Å². The molecule has 1 saturated carbocycles. The number of hydrogen-bond donors (Lipinski definition) is 0. The van der Waals surface area contributed by atoms with E-state index in [1.54, 1.807) is 0 Å². The minimum Gasteiger partial charge on any atom is -0.462 e. The first kappa shape index (κ1) is 12.0. The number of carbonyl (C=O) groups excluding carboxylic acids is 1. The number of alkyl halides is 1. The fourth-order valence-corrected chi connectivity index (χ4v) is 2.19. The summed E-state index contributed by atoms with van der Waals surface area (Å²) in [7, 11) is 0. The zero-order valence-electron chi connectivity index (χ0n) is 8.64. The van der Waals surface area contributed by atoms with Crippen LogP contribution >= 0.6 is 15.9 Å². The lowest BCUT2D eigenvalue weighted by Gasteiger charge is -2.21. The van der Waals surface area contributed by atoms with Crippen molar-refractivity contribution in [1.29, 1.82) is 0 Å². The van der Waals surface area contributed by atoms with E-state index in [2.05, 4.69) is 15.9 Å². The van der Waals surface area contributed by atoms with E-state index in [0.29, 0.717) is 6.42 Å². The van der Waals surface area contributed by atoms with E-state index in [1.165, 1.54) is 19.3 Å². The monoisotopic (exact) mass is 262 g/mol. The van der Waals surface area contributed by atoms with Gasteiger partial charge in [-0.05, 0) is 38.5 Å². The largest absolute Gasteiger partial charge is 0.462 e. The summed E-state index contributed by atoms with van der Waals surface area (Å²) in [4.78, 5) is 11.3. The zero-order valence-corrected chi connectivity index (χ0v) is 10.2. The number of unbranched alkanes of at least 4 members (excludes halogenated alkanes) is 1.